The standard InChI is InChI=1S/C17H18ClN3/c1-11-19-9-15-16(20-11)8-14-5-6-17(15)21(14)10-12-3-2-4-13(18)7-12/h2-4,7,9,14,17H,5-6,8,10H2,1H3/t14-,17+/m0/s1. The van der Waals surface area contributed by atoms with Crippen molar-refractivity contribution < 1.29 is 0 Å². The number of benzene rings is 1. The average molecular weight is 300 g/mol. The van der Waals surface area contributed by atoms with Gasteiger partial charge >= 0.3 is 0 Å². The van der Waals surface area contributed by atoms with E-state index in [9.17, 15) is 0 Å². The summed E-state index contributed by atoms with van der Waals surface area (Å²) in [5.74, 6) is 0.886. The van der Waals surface area contributed by atoms with Gasteiger partial charge in [-0.15, -0.1) is 0 Å². The van der Waals surface area contributed by atoms with E-state index in [0.717, 1.165) is 23.8 Å². The summed E-state index contributed by atoms with van der Waals surface area (Å²) in [6, 6.07) is 9.27. The molecule has 0 unspecified atom stereocenters. The minimum Gasteiger partial charge on any atom is -0.289 e. The van der Waals surface area contributed by atoms with E-state index >= 15 is 0 Å². The predicted octanol–water partition coefficient (Wildman–Crippen LogP) is 3.70. The van der Waals surface area contributed by atoms with Crippen LogP contribution in [0.2, 0.25) is 5.02 Å². The largest absolute Gasteiger partial charge is 0.289 e. The molecular weight excluding hydrogens is 282 g/mol. The zero-order chi connectivity index (χ0) is 14.4. The third kappa shape index (κ3) is 2.34. The molecule has 4 rings (SSSR count). The SMILES string of the molecule is Cc1ncc2c(n1)C[C@@H]1CC[C@H]2N1Cc1cccc(Cl)c1. The highest BCUT2D eigenvalue weighted by Crippen LogP contribution is 2.43. The summed E-state index contributed by atoms with van der Waals surface area (Å²) in [7, 11) is 0. The fourth-order valence-electron chi connectivity index (χ4n) is 3.77. The molecule has 3 heterocycles. The minimum atomic E-state index is 0.471. The molecule has 2 aliphatic rings. The van der Waals surface area contributed by atoms with Crippen molar-refractivity contribution in [1.82, 2.24) is 14.9 Å². The smallest absolute Gasteiger partial charge is 0.125 e. The Bertz CT molecular complexity index is 685. The first-order valence-electron chi connectivity index (χ1n) is 7.53. The normalized spacial score (nSPS) is 24.1. The van der Waals surface area contributed by atoms with E-state index in [0.29, 0.717) is 12.1 Å². The van der Waals surface area contributed by atoms with Crippen molar-refractivity contribution in [3.8, 4) is 0 Å². The van der Waals surface area contributed by atoms with Gasteiger partial charge < -0.3 is 0 Å². The Balaban J connectivity index is 1.65. The van der Waals surface area contributed by atoms with Gasteiger partial charge in [0.2, 0.25) is 0 Å². The molecule has 3 nitrogen and oxygen atoms in total. The molecule has 108 valence electrons. The minimum absolute atomic E-state index is 0.471. The number of fused-ring (bicyclic) bond motifs is 4. The fourth-order valence-corrected chi connectivity index (χ4v) is 3.98. The molecule has 1 saturated heterocycles. The molecule has 4 heteroatoms. The quantitative estimate of drug-likeness (QED) is 0.846. The average Bonchev–Trinajstić information content (AvgIpc) is 2.73. The second-order valence-corrected chi connectivity index (χ2v) is 6.51. The van der Waals surface area contributed by atoms with Crippen LogP contribution in [0.25, 0.3) is 0 Å². The van der Waals surface area contributed by atoms with Gasteiger partial charge in [-0.25, -0.2) is 9.97 Å². The van der Waals surface area contributed by atoms with Gasteiger partial charge in [-0.2, -0.15) is 0 Å². The molecule has 1 aromatic heterocycles. The monoisotopic (exact) mass is 299 g/mol. The van der Waals surface area contributed by atoms with Crippen molar-refractivity contribution in [2.24, 2.45) is 0 Å². The van der Waals surface area contributed by atoms with Gasteiger partial charge in [0.1, 0.15) is 5.82 Å². The van der Waals surface area contributed by atoms with Gasteiger partial charge in [0, 0.05) is 41.8 Å². The summed E-state index contributed by atoms with van der Waals surface area (Å²) in [5, 5.41) is 0.816. The molecule has 0 saturated carbocycles. The van der Waals surface area contributed by atoms with Crippen LogP contribution in [0.3, 0.4) is 0 Å². The third-order valence-corrected chi connectivity index (χ3v) is 4.94. The Labute approximate surface area is 130 Å². The van der Waals surface area contributed by atoms with Crippen LogP contribution in [0.1, 0.15) is 41.5 Å². The first kappa shape index (κ1) is 13.2. The molecule has 0 radical (unpaired) electrons. The Morgan fingerprint density at radius 3 is 3.10 bits per heavy atom. The summed E-state index contributed by atoms with van der Waals surface area (Å²) in [5.41, 5.74) is 3.88. The Morgan fingerprint density at radius 1 is 1.33 bits per heavy atom. The predicted molar refractivity (Wildman–Crippen MR) is 83.2 cm³/mol. The van der Waals surface area contributed by atoms with Crippen LogP contribution in [-0.2, 0) is 13.0 Å². The molecule has 0 aliphatic carbocycles. The molecule has 2 atom stereocenters. The highest BCUT2D eigenvalue weighted by molar-refractivity contribution is 6.30. The maximum absolute atomic E-state index is 6.11. The number of halogens is 1. The molecule has 21 heavy (non-hydrogen) atoms. The Morgan fingerprint density at radius 2 is 2.24 bits per heavy atom. The van der Waals surface area contributed by atoms with Crippen molar-refractivity contribution in [3.63, 3.8) is 0 Å². The second-order valence-electron chi connectivity index (χ2n) is 6.07. The fraction of sp³-hybridized carbons (Fsp3) is 0.412. The molecule has 2 aromatic rings. The molecule has 1 fully saturated rings. The molecule has 2 aliphatic heterocycles. The summed E-state index contributed by atoms with van der Waals surface area (Å²) < 4.78 is 0. The van der Waals surface area contributed by atoms with E-state index in [1.807, 2.05) is 25.3 Å². The van der Waals surface area contributed by atoms with Gasteiger partial charge in [0.15, 0.2) is 0 Å². The van der Waals surface area contributed by atoms with Gasteiger partial charge in [0.05, 0.1) is 5.69 Å². The van der Waals surface area contributed by atoms with Crippen molar-refractivity contribution in [2.75, 3.05) is 0 Å². The number of aromatic nitrogens is 2. The lowest BCUT2D eigenvalue weighted by atomic mass is 9.98. The maximum atomic E-state index is 6.11. The van der Waals surface area contributed by atoms with Gasteiger partial charge in [0.25, 0.3) is 0 Å². The third-order valence-electron chi connectivity index (χ3n) is 4.71. The number of rotatable bonds is 2. The van der Waals surface area contributed by atoms with Crippen LogP contribution in [0.15, 0.2) is 30.5 Å². The second kappa shape index (κ2) is 5.08. The summed E-state index contributed by atoms with van der Waals surface area (Å²) in [4.78, 5) is 11.7. The van der Waals surface area contributed by atoms with E-state index in [2.05, 4.69) is 27.0 Å². The molecule has 0 N–H and O–H groups in total. The first-order chi connectivity index (χ1) is 10.2. The van der Waals surface area contributed by atoms with E-state index < -0.39 is 0 Å². The lowest BCUT2D eigenvalue weighted by Gasteiger charge is -2.35. The zero-order valence-corrected chi connectivity index (χ0v) is 12.8. The van der Waals surface area contributed by atoms with Gasteiger partial charge in [-0.05, 0) is 37.5 Å². The van der Waals surface area contributed by atoms with E-state index in [1.165, 1.54) is 29.7 Å². The lowest BCUT2D eigenvalue weighted by Crippen LogP contribution is -2.37. The molecule has 0 spiro atoms. The summed E-state index contributed by atoms with van der Waals surface area (Å²) >= 11 is 6.11. The highest BCUT2D eigenvalue weighted by Gasteiger charge is 2.40. The number of aryl methyl sites for hydroxylation is 1. The summed E-state index contributed by atoms with van der Waals surface area (Å²) in [6.45, 7) is 2.93. The topological polar surface area (TPSA) is 29.0 Å². The Hall–Kier alpha value is -1.45. The van der Waals surface area contributed by atoms with Crippen LogP contribution >= 0.6 is 11.6 Å². The van der Waals surface area contributed by atoms with Crippen molar-refractivity contribution >= 4 is 11.6 Å². The van der Waals surface area contributed by atoms with Gasteiger partial charge in [-0.1, -0.05) is 23.7 Å². The highest BCUT2D eigenvalue weighted by atomic mass is 35.5. The lowest BCUT2D eigenvalue weighted by molar-refractivity contribution is 0.166. The molecular formula is C17H18ClN3. The van der Waals surface area contributed by atoms with Gasteiger partial charge in [-0.3, -0.25) is 4.90 Å². The summed E-state index contributed by atoms with van der Waals surface area (Å²) in [6.07, 6.45) is 5.55. The first-order valence-corrected chi connectivity index (χ1v) is 7.91. The van der Waals surface area contributed by atoms with Crippen molar-refractivity contribution in [1.29, 1.82) is 0 Å². The number of hydrogen-bond acceptors (Lipinski definition) is 3. The van der Waals surface area contributed by atoms with E-state index in [4.69, 9.17) is 11.6 Å². The zero-order valence-electron chi connectivity index (χ0n) is 12.1. The molecule has 2 bridgehead atoms. The number of hydrogen-bond donors (Lipinski definition) is 0. The van der Waals surface area contributed by atoms with Crippen molar-refractivity contribution in [2.45, 2.75) is 44.8 Å². The molecule has 1 aromatic carbocycles. The van der Waals surface area contributed by atoms with Crippen molar-refractivity contribution in [3.05, 3.63) is 58.1 Å². The van der Waals surface area contributed by atoms with E-state index in [1.54, 1.807) is 0 Å². The van der Waals surface area contributed by atoms with Crippen LogP contribution in [0, 0.1) is 6.92 Å². The van der Waals surface area contributed by atoms with Crippen LogP contribution in [0.4, 0.5) is 0 Å². The van der Waals surface area contributed by atoms with Crippen LogP contribution in [0.5, 0.6) is 0 Å². The Kier molecular flexibility index (Phi) is 3.20. The van der Waals surface area contributed by atoms with Crippen LogP contribution in [-0.4, -0.2) is 20.9 Å². The number of nitrogens with zero attached hydrogens (tertiary/aromatic N) is 3. The van der Waals surface area contributed by atoms with E-state index in [-0.39, 0.29) is 0 Å². The maximum Gasteiger partial charge on any atom is 0.125 e. The molecule has 0 amide bonds. The van der Waals surface area contributed by atoms with Crippen LogP contribution < -0.4 is 0 Å².